The van der Waals surface area contributed by atoms with Gasteiger partial charge in [-0.3, -0.25) is 0 Å². The van der Waals surface area contributed by atoms with Crippen molar-refractivity contribution in [3.8, 4) is 23.0 Å². The molecule has 1 heterocycles. The summed E-state index contributed by atoms with van der Waals surface area (Å²) in [5.41, 5.74) is 2.64. The summed E-state index contributed by atoms with van der Waals surface area (Å²) in [7, 11) is 0. The van der Waals surface area contributed by atoms with Crippen LogP contribution in [-0.2, 0) is 10.8 Å². The molecular formula is C21H24ClNO3. The Kier molecular flexibility index (Phi) is 4.23. The quantitative estimate of drug-likeness (QED) is 0.536. The van der Waals surface area contributed by atoms with E-state index in [4.69, 9.17) is 16.0 Å². The first-order valence-corrected chi connectivity index (χ1v) is 8.94. The third-order valence-corrected chi connectivity index (χ3v) is 4.68. The SMILES string of the molecule is CC(C)(C)c1cc(C(C)(C)C)c2nc(-c3cc(Cl)ccc3O)oc2c1O. The Morgan fingerprint density at radius 2 is 1.54 bits per heavy atom. The predicted molar refractivity (Wildman–Crippen MR) is 105 cm³/mol. The highest BCUT2D eigenvalue weighted by atomic mass is 35.5. The van der Waals surface area contributed by atoms with E-state index < -0.39 is 0 Å². The van der Waals surface area contributed by atoms with Gasteiger partial charge in [0.2, 0.25) is 5.89 Å². The Balaban J connectivity index is 2.39. The second-order valence-electron chi connectivity index (χ2n) is 8.68. The normalized spacial score (nSPS) is 12.7. The van der Waals surface area contributed by atoms with Gasteiger partial charge in [-0.15, -0.1) is 0 Å². The molecule has 0 aliphatic heterocycles. The van der Waals surface area contributed by atoms with E-state index in [1.165, 1.54) is 6.07 Å². The van der Waals surface area contributed by atoms with E-state index in [2.05, 4.69) is 25.8 Å². The number of oxazole rings is 1. The number of halogens is 1. The van der Waals surface area contributed by atoms with Crippen molar-refractivity contribution in [1.29, 1.82) is 0 Å². The van der Waals surface area contributed by atoms with Gasteiger partial charge in [0.1, 0.15) is 11.3 Å². The van der Waals surface area contributed by atoms with E-state index in [0.717, 1.165) is 11.1 Å². The zero-order valence-corrected chi connectivity index (χ0v) is 16.7. The van der Waals surface area contributed by atoms with Gasteiger partial charge in [-0.1, -0.05) is 53.1 Å². The molecule has 5 heteroatoms. The van der Waals surface area contributed by atoms with Gasteiger partial charge in [0.15, 0.2) is 11.3 Å². The van der Waals surface area contributed by atoms with E-state index in [1.54, 1.807) is 12.1 Å². The molecule has 2 aromatic carbocycles. The standard InChI is InChI=1S/C21H24ClNO3/c1-20(2,3)13-10-14(21(4,5)6)17(25)18-16(13)23-19(26-18)12-9-11(22)7-8-15(12)24/h7-10,24-25H,1-6H3. The first kappa shape index (κ1) is 18.6. The number of benzene rings is 2. The average Bonchev–Trinajstić information content (AvgIpc) is 2.92. The molecule has 4 nitrogen and oxygen atoms in total. The molecule has 0 amide bonds. The number of hydrogen-bond donors (Lipinski definition) is 2. The van der Waals surface area contributed by atoms with Crippen LogP contribution in [0.4, 0.5) is 0 Å². The van der Waals surface area contributed by atoms with Crippen molar-refractivity contribution < 1.29 is 14.6 Å². The zero-order chi connectivity index (χ0) is 19.4. The Morgan fingerprint density at radius 1 is 0.923 bits per heavy atom. The Morgan fingerprint density at radius 3 is 2.12 bits per heavy atom. The maximum Gasteiger partial charge on any atom is 0.231 e. The first-order chi connectivity index (χ1) is 11.9. The van der Waals surface area contributed by atoms with Gasteiger partial charge in [-0.25, -0.2) is 4.98 Å². The van der Waals surface area contributed by atoms with Gasteiger partial charge in [-0.2, -0.15) is 0 Å². The molecule has 0 aliphatic carbocycles. The summed E-state index contributed by atoms with van der Waals surface area (Å²) in [6.07, 6.45) is 0. The van der Waals surface area contributed by atoms with Crippen LogP contribution in [0.2, 0.25) is 5.02 Å². The minimum Gasteiger partial charge on any atom is -0.507 e. The van der Waals surface area contributed by atoms with E-state index in [-0.39, 0.29) is 28.2 Å². The fraction of sp³-hybridized carbons (Fsp3) is 0.381. The van der Waals surface area contributed by atoms with Crippen molar-refractivity contribution in [3.05, 3.63) is 40.4 Å². The predicted octanol–water partition coefficient (Wildman–Crippen LogP) is 6.15. The molecule has 0 atom stereocenters. The summed E-state index contributed by atoms with van der Waals surface area (Å²) in [5, 5.41) is 21.5. The highest BCUT2D eigenvalue weighted by Gasteiger charge is 2.29. The molecule has 138 valence electrons. The van der Waals surface area contributed by atoms with Crippen LogP contribution in [0.3, 0.4) is 0 Å². The molecule has 0 spiro atoms. The van der Waals surface area contributed by atoms with Crippen molar-refractivity contribution in [2.24, 2.45) is 0 Å². The average molecular weight is 374 g/mol. The minimum absolute atomic E-state index is 0.0220. The Bertz CT molecular complexity index is 991. The van der Waals surface area contributed by atoms with Gasteiger partial charge in [0.25, 0.3) is 0 Å². The van der Waals surface area contributed by atoms with Gasteiger partial charge in [-0.05, 0) is 40.7 Å². The zero-order valence-electron chi connectivity index (χ0n) is 15.9. The van der Waals surface area contributed by atoms with E-state index in [0.29, 0.717) is 21.7 Å². The molecular weight excluding hydrogens is 350 g/mol. The third kappa shape index (κ3) is 3.14. The molecule has 26 heavy (non-hydrogen) atoms. The lowest BCUT2D eigenvalue weighted by atomic mass is 9.79. The van der Waals surface area contributed by atoms with Crippen LogP contribution in [-0.4, -0.2) is 15.2 Å². The van der Waals surface area contributed by atoms with Crippen LogP contribution in [0.15, 0.2) is 28.7 Å². The van der Waals surface area contributed by atoms with Gasteiger partial charge < -0.3 is 14.6 Å². The summed E-state index contributed by atoms with van der Waals surface area (Å²) in [4.78, 5) is 4.59. The number of rotatable bonds is 1. The van der Waals surface area contributed by atoms with Crippen molar-refractivity contribution >= 4 is 22.7 Å². The number of phenols is 2. The molecule has 1 aromatic heterocycles. The monoisotopic (exact) mass is 373 g/mol. The lowest BCUT2D eigenvalue weighted by Gasteiger charge is -2.25. The molecule has 0 bridgehead atoms. The van der Waals surface area contributed by atoms with Crippen LogP contribution in [0.25, 0.3) is 22.6 Å². The maximum atomic E-state index is 10.8. The second-order valence-corrected chi connectivity index (χ2v) is 9.11. The number of phenolic OH excluding ortho intramolecular Hbond substituents is 2. The molecule has 0 radical (unpaired) electrons. The van der Waals surface area contributed by atoms with Crippen LogP contribution in [0, 0.1) is 0 Å². The molecule has 2 N–H and O–H groups in total. The molecule has 0 aliphatic rings. The fourth-order valence-electron chi connectivity index (χ4n) is 3.00. The summed E-state index contributed by atoms with van der Waals surface area (Å²) in [6, 6.07) is 6.69. The van der Waals surface area contributed by atoms with Crippen molar-refractivity contribution in [2.75, 3.05) is 0 Å². The molecule has 0 saturated carbocycles. The van der Waals surface area contributed by atoms with Crippen LogP contribution >= 0.6 is 11.6 Å². The van der Waals surface area contributed by atoms with Crippen LogP contribution in [0.1, 0.15) is 52.7 Å². The Labute approximate surface area is 158 Å². The highest BCUT2D eigenvalue weighted by Crippen LogP contribution is 2.44. The van der Waals surface area contributed by atoms with E-state index in [9.17, 15) is 10.2 Å². The van der Waals surface area contributed by atoms with Crippen LogP contribution < -0.4 is 0 Å². The van der Waals surface area contributed by atoms with Gasteiger partial charge in [0, 0.05) is 10.6 Å². The van der Waals surface area contributed by atoms with Crippen molar-refractivity contribution in [3.63, 3.8) is 0 Å². The van der Waals surface area contributed by atoms with E-state index in [1.807, 2.05) is 26.8 Å². The molecule has 0 fully saturated rings. The molecule has 3 aromatic rings. The van der Waals surface area contributed by atoms with E-state index >= 15 is 0 Å². The second kappa shape index (κ2) is 5.92. The minimum atomic E-state index is -0.260. The maximum absolute atomic E-state index is 10.8. The molecule has 0 saturated heterocycles. The topological polar surface area (TPSA) is 66.5 Å². The summed E-state index contributed by atoms with van der Waals surface area (Å²) < 4.78 is 5.91. The number of nitrogens with zero attached hydrogens (tertiary/aromatic N) is 1. The summed E-state index contributed by atoms with van der Waals surface area (Å²) in [6.45, 7) is 12.4. The number of hydrogen-bond acceptors (Lipinski definition) is 4. The summed E-state index contributed by atoms with van der Waals surface area (Å²) in [5.74, 6) is 0.335. The highest BCUT2D eigenvalue weighted by molar-refractivity contribution is 6.30. The van der Waals surface area contributed by atoms with Crippen molar-refractivity contribution in [2.45, 2.75) is 52.4 Å². The Hall–Kier alpha value is -2.20. The lowest BCUT2D eigenvalue weighted by molar-refractivity contribution is 0.438. The number of aromatic hydroxyl groups is 2. The third-order valence-electron chi connectivity index (χ3n) is 4.45. The fourth-order valence-corrected chi connectivity index (χ4v) is 3.18. The largest absolute Gasteiger partial charge is 0.507 e. The lowest BCUT2D eigenvalue weighted by Crippen LogP contribution is -2.17. The van der Waals surface area contributed by atoms with Crippen molar-refractivity contribution in [1.82, 2.24) is 4.98 Å². The molecule has 3 rings (SSSR count). The number of aromatic nitrogens is 1. The first-order valence-electron chi connectivity index (χ1n) is 8.56. The number of fused-ring (bicyclic) bond motifs is 1. The smallest absolute Gasteiger partial charge is 0.231 e. The van der Waals surface area contributed by atoms with Gasteiger partial charge >= 0.3 is 0 Å². The summed E-state index contributed by atoms with van der Waals surface area (Å²) >= 11 is 6.06. The van der Waals surface area contributed by atoms with Gasteiger partial charge in [0.05, 0.1) is 5.56 Å². The molecule has 0 unspecified atom stereocenters. The van der Waals surface area contributed by atoms with Crippen LogP contribution in [0.5, 0.6) is 11.5 Å².